The fourth-order valence-electron chi connectivity index (χ4n) is 2.60. The van der Waals surface area contributed by atoms with E-state index in [1.807, 2.05) is 6.07 Å². The Morgan fingerprint density at radius 1 is 1.35 bits per heavy atom. The van der Waals surface area contributed by atoms with E-state index in [9.17, 15) is 14.9 Å². The average molecular weight is 357 g/mol. The molecule has 1 aromatic rings. The number of hydrogen-bond donors (Lipinski definition) is 1. The van der Waals surface area contributed by atoms with Gasteiger partial charge < -0.3 is 19.9 Å². The van der Waals surface area contributed by atoms with Crippen LogP contribution in [0.4, 0.5) is 0 Å². The predicted molar refractivity (Wildman–Crippen MR) is 89.8 cm³/mol. The van der Waals surface area contributed by atoms with Crippen LogP contribution in [0.5, 0.6) is 0 Å². The molecular formula is C18H19N3O5. The molecule has 2 rings (SSSR count). The highest BCUT2D eigenvalue weighted by atomic mass is 16.5. The molecular weight excluding hydrogens is 338 g/mol. The summed E-state index contributed by atoms with van der Waals surface area (Å²) in [6.07, 6.45) is 2.77. The van der Waals surface area contributed by atoms with E-state index >= 15 is 0 Å². The van der Waals surface area contributed by atoms with E-state index < -0.39 is 17.9 Å². The molecule has 0 amide bonds. The van der Waals surface area contributed by atoms with E-state index in [0.29, 0.717) is 5.56 Å². The van der Waals surface area contributed by atoms with E-state index in [0.717, 1.165) is 0 Å². The van der Waals surface area contributed by atoms with E-state index in [1.54, 1.807) is 32.2 Å². The average Bonchev–Trinajstić information content (AvgIpc) is 2.62. The van der Waals surface area contributed by atoms with Crippen LogP contribution in [-0.2, 0) is 23.8 Å². The van der Waals surface area contributed by atoms with Crippen LogP contribution in [0.3, 0.4) is 0 Å². The SMILES string of the molecule is CCOC(=O)CC1=C(C(=O)OCC)[C@@H](c2cccnc2)C(C#N)=C(N)O1. The van der Waals surface area contributed by atoms with Gasteiger partial charge in [0.1, 0.15) is 23.8 Å². The summed E-state index contributed by atoms with van der Waals surface area (Å²) in [6, 6.07) is 5.35. The topological polar surface area (TPSA) is 125 Å². The van der Waals surface area contributed by atoms with Gasteiger partial charge in [0, 0.05) is 12.4 Å². The first-order valence-electron chi connectivity index (χ1n) is 8.06. The van der Waals surface area contributed by atoms with E-state index in [-0.39, 0.29) is 42.4 Å². The molecule has 0 saturated carbocycles. The van der Waals surface area contributed by atoms with Crippen molar-refractivity contribution in [3.05, 3.63) is 52.9 Å². The molecule has 0 unspecified atom stereocenters. The maximum Gasteiger partial charge on any atom is 0.338 e. The molecule has 1 aromatic heterocycles. The first-order valence-corrected chi connectivity index (χ1v) is 8.06. The normalized spacial score (nSPS) is 16.6. The highest BCUT2D eigenvalue weighted by molar-refractivity contribution is 5.93. The monoisotopic (exact) mass is 357 g/mol. The molecule has 8 heteroatoms. The molecule has 1 aliphatic rings. The number of carbonyl (C=O) groups excluding carboxylic acids is 2. The standard InChI is InChI=1S/C18H19N3O5/c1-3-24-14(22)8-13-16(18(23)25-4-2)15(11-6-5-7-21-10-11)12(9-19)17(20)26-13/h5-7,10,15H,3-4,8,20H2,1-2H3/t15-/m0/s1. The van der Waals surface area contributed by atoms with Gasteiger partial charge in [-0.3, -0.25) is 9.78 Å². The molecule has 0 saturated heterocycles. The molecule has 0 bridgehead atoms. The lowest BCUT2D eigenvalue weighted by atomic mass is 9.83. The van der Waals surface area contributed by atoms with Crippen molar-refractivity contribution in [3.8, 4) is 6.07 Å². The van der Waals surface area contributed by atoms with Gasteiger partial charge in [-0.15, -0.1) is 0 Å². The number of esters is 2. The number of nitrogens with two attached hydrogens (primary N) is 1. The molecule has 1 atom stereocenters. The van der Waals surface area contributed by atoms with Gasteiger partial charge in [0.05, 0.1) is 24.7 Å². The predicted octanol–water partition coefficient (Wildman–Crippen LogP) is 1.66. The number of nitrogens with zero attached hydrogens (tertiary/aromatic N) is 2. The lowest BCUT2D eigenvalue weighted by Crippen LogP contribution is -2.27. The van der Waals surface area contributed by atoms with Crippen LogP contribution < -0.4 is 5.73 Å². The maximum atomic E-state index is 12.6. The fraction of sp³-hybridized carbons (Fsp3) is 0.333. The first-order chi connectivity index (χ1) is 12.5. The summed E-state index contributed by atoms with van der Waals surface area (Å²) in [7, 11) is 0. The van der Waals surface area contributed by atoms with Crippen molar-refractivity contribution in [1.29, 1.82) is 5.26 Å². The third-order valence-corrected chi connectivity index (χ3v) is 3.62. The minimum absolute atomic E-state index is 0.00672. The molecule has 0 aliphatic carbocycles. The molecule has 2 N–H and O–H groups in total. The van der Waals surface area contributed by atoms with E-state index in [4.69, 9.17) is 19.9 Å². The Morgan fingerprint density at radius 3 is 2.65 bits per heavy atom. The Balaban J connectivity index is 2.60. The molecule has 0 aromatic carbocycles. The van der Waals surface area contributed by atoms with Crippen LogP contribution in [0.25, 0.3) is 0 Å². The Morgan fingerprint density at radius 2 is 2.08 bits per heavy atom. The zero-order chi connectivity index (χ0) is 19.1. The van der Waals surface area contributed by atoms with Crippen LogP contribution in [0, 0.1) is 11.3 Å². The highest BCUT2D eigenvalue weighted by Crippen LogP contribution is 2.40. The molecule has 136 valence electrons. The molecule has 2 heterocycles. The number of hydrogen-bond acceptors (Lipinski definition) is 8. The molecule has 0 radical (unpaired) electrons. The molecule has 26 heavy (non-hydrogen) atoms. The van der Waals surface area contributed by atoms with Crippen LogP contribution in [0.1, 0.15) is 31.7 Å². The molecule has 0 spiro atoms. The van der Waals surface area contributed by atoms with Gasteiger partial charge in [0.25, 0.3) is 0 Å². The number of ether oxygens (including phenoxy) is 3. The number of pyridine rings is 1. The largest absolute Gasteiger partial charge is 0.466 e. The summed E-state index contributed by atoms with van der Waals surface area (Å²) in [4.78, 5) is 28.5. The van der Waals surface area contributed by atoms with Crippen molar-refractivity contribution in [2.45, 2.75) is 26.2 Å². The highest BCUT2D eigenvalue weighted by Gasteiger charge is 2.38. The lowest BCUT2D eigenvalue weighted by molar-refractivity contribution is -0.143. The number of aromatic nitrogens is 1. The number of nitriles is 1. The Hall–Kier alpha value is -3.34. The van der Waals surface area contributed by atoms with Crippen molar-refractivity contribution in [3.63, 3.8) is 0 Å². The third-order valence-electron chi connectivity index (χ3n) is 3.62. The minimum atomic E-state index is -0.842. The van der Waals surface area contributed by atoms with Crippen LogP contribution >= 0.6 is 0 Å². The minimum Gasteiger partial charge on any atom is -0.466 e. The molecule has 0 fully saturated rings. The second-order valence-electron chi connectivity index (χ2n) is 5.25. The van der Waals surface area contributed by atoms with Crippen LogP contribution in [0.2, 0.25) is 0 Å². The number of allylic oxidation sites excluding steroid dienone is 1. The Labute approximate surface area is 150 Å². The van der Waals surface area contributed by atoms with Crippen molar-refractivity contribution >= 4 is 11.9 Å². The third kappa shape index (κ3) is 4.00. The summed E-state index contributed by atoms with van der Waals surface area (Å²) >= 11 is 0. The smallest absolute Gasteiger partial charge is 0.338 e. The maximum absolute atomic E-state index is 12.6. The second-order valence-corrected chi connectivity index (χ2v) is 5.25. The quantitative estimate of drug-likeness (QED) is 0.762. The van der Waals surface area contributed by atoms with Crippen molar-refractivity contribution in [2.75, 3.05) is 13.2 Å². The zero-order valence-electron chi connectivity index (χ0n) is 14.5. The van der Waals surface area contributed by atoms with E-state index in [1.165, 1.54) is 6.20 Å². The van der Waals surface area contributed by atoms with Gasteiger partial charge >= 0.3 is 11.9 Å². The Bertz CT molecular complexity index is 793. The second kappa shape index (κ2) is 8.67. The lowest BCUT2D eigenvalue weighted by Gasteiger charge is -2.27. The van der Waals surface area contributed by atoms with Gasteiger partial charge in [-0.2, -0.15) is 5.26 Å². The summed E-state index contributed by atoms with van der Waals surface area (Å²) < 4.78 is 15.5. The van der Waals surface area contributed by atoms with Crippen LogP contribution in [0.15, 0.2) is 47.3 Å². The van der Waals surface area contributed by atoms with Crippen molar-refractivity contribution < 1.29 is 23.8 Å². The first kappa shape index (κ1) is 19.0. The van der Waals surface area contributed by atoms with Gasteiger partial charge in [-0.1, -0.05) is 6.07 Å². The van der Waals surface area contributed by atoms with Crippen LogP contribution in [-0.4, -0.2) is 30.1 Å². The van der Waals surface area contributed by atoms with Gasteiger partial charge in [0.15, 0.2) is 0 Å². The molecule has 1 aliphatic heterocycles. The number of carbonyl (C=O) groups is 2. The summed E-state index contributed by atoms with van der Waals surface area (Å²) in [5.74, 6) is -2.28. The van der Waals surface area contributed by atoms with Crippen molar-refractivity contribution in [1.82, 2.24) is 4.98 Å². The van der Waals surface area contributed by atoms with Gasteiger partial charge in [-0.05, 0) is 25.5 Å². The fourth-order valence-corrected chi connectivity index (χ4v) is 2.60. The summed E-state index contributed by atoms with van der Waals surface area (Å²) in [5, 5.41) is 9.52. The summed E-state index contributed by atoms with van der Waals surface area (Å²) in [6.45, 7) is 3.62. The van der Waals surface area contributed by atoms with Gasteiger partial charge in [-0.25, -0.2) is 4.79 Å². The van der Waals surface area contributed by atoms with E-state index in [2.05, 4.69) is 4.98 Å². The van der Waals surface area contributed by atoms with Gasteiger partial charge in [0.2, 0.25) is 5.88 Å². The Kier molecular flexibility index (Phi) is 6.33. The van der Waals surface area contributed by atoms with Crippen molar-refractivity contribution in [2.24, 2.45) is 5.73 Å². The summed E-state index contributed by atoms with van der Waals surface area (Å²) in [5.41, 5.74) is 6.52. The molecule has 8 nitrogen and oxygen atoms in total. The number of rotatable bonds is 6. The zero-order valence-corrected chi connectivity index (χ0v) is 14.5.